The van der Waals surface area contributed by atoms with Crippen LogP contribution in [0.3, 0.4) is 0 Å². The average molecular weight is 385 g/mol. The molecule has 0 unspecified atom stereocenters. The van der Waals surface area contributed by atoms with E-state index < -0.39 is 5.97 Å². The van der Waals surface area contributed by atoms with E-state index in [0.29, 0.717) is 47.6 Å². The highest BCUT2D eigenvalue weighted by Crippen LogP contribution is 2.38. The topological polar surface area (TPSA) is 74.2 Å². The van der Waals surface area contributed by atoms with Gasteiger partial charge < -0.3 is 14.3 Å². The number of hydrogen-bond donors (Lipinski definition) is 0. The molecule has 1 aromatic rings. The van der Waals surface area contributed by atoms with Crippen LogP contribution in [-0.4, -0.2) is 31.2 Å². The van der Waals surface area contributed by atoms with E-state index >= 15 is 0 Å². The van der Waals surface area contributed by atoms with E-state index in [-0.39, 0.29) is 17.8 Å². The van der Waals surface area contributed by atoms with Crippen LogP contribution in [-0.2, 0) is 14.4 Å². The van der Waals surface area contributed by atoms with Gasteiger partial charge in [0.25, 0.3) is 0 Å². The number of oxime groups is 1. The Hall–Kier alpha value is -2.89. The Morgan fingerprint density at radius 3 is 2.71 bits per heavy atom. The number of carbonyl (C=O) groups excluding carboxylic acids is 2. The van der Waals surface area contributed by atoms with Crippen LogP contribution in [0.25, 0.3) is 0 Å². The van der Waals surface area contributed by atoms with Crippen molar-refractivity contribution >= 4 is 17.5 Å². The third-order valence-corrected chi connectivity index (χ3v) is 4.35. The van der Waals surface area contributed by atoms with Gasteiger partial charge >= 0.3 is 5.97 Å². The van der Waals surface area contributed by atoms with Gasteiger partial charge in [0.1, 0.15) is 18.1 Å². The highest BCUT2D eigenvalue weighted by molar-refractivity contribution is 6.23. The Kier molecular flexibility index (Phi) is 7.15. The molecular formula is C22H27NO5. The number of ketones is 1. The van der Waals surface area contributed by atoms with Crippen molar-refractivity contribution < 1.29 is 23.9 Å². The van der Waals surface area contributed by atoms with Gasteiger partial charge in [-0.15, -0.1) is 0 Å². The van der Waals surface area contributed by atoms with Crippen molar-refractivity contribution in [3.8, 4) is 5.75 Å². The van der Waals surface area contributed by atoms with Gasteiger partial charge in [0.2, 0.25) is 0 Å². The molecule has 0 spiro atoms. The van der Waals surface area contributed by atoms with Gasteiger partial charge in [0.15, 0.2) is 5.78 Å². The molecule has 0 N–H and O–H groups in total. The molecule has 6 nitrogen and oxygen atoms in total. The Morgan fingerprint density at radius 2 is 2.07 bits per heavy atom. The van der Waals surface area contributed by atoms with Gasteiger partial charge in [-0.05, 0) is 30.0 Å². The maximum absolute atomic E-state index is 12.8. The summed E-state index contributed by atoms with van der Waals surface area (Å²) in [6.07, 6.45) is 2.84. The van der Waals surface area contributed by atoms with Crippen LogP contribution in [0.2, 0.25) is 0 Å². The molecular weight excluding hydrogens is 358 g/mol. The fourth-order valence-electron chi connectivity index (χ4n) is 3.05. The molecule has 0 aliphatic heterocycles. The first-order valence-corrected chi connectivity index (χ1v) is 9.24. The molecule has 0 aromatic heterocycles. The zero-order valence-corrected chi connectivity index (χ0v) is 16.9. The van der Waals surface area contributed by atoms with Gasteiger partial charge in [-0.3, -0.25) is 4.79 Å². The maximum Gasteiger partial charge on any atom is 0.343 e. The zero-order chi connectivity index (χ0) is 20.7. The molecule has 0 fully saturated rings. The quantitative estimate of drug-likeness (QED) is 0.217. The SMILES string of the molecule is C=CCO/N=C(/CC)C1=C(OC(=O)c2cccc(OC)c2)CC(C)(C)CC1=O. The third kappa shape index (κ3) is 5.31. The zero-order valence-electron chi connectivity index (χ0n) is 16.9. The number of allylic oxidation sites excluding steroid dienone is 2. The standard InChI is InChI=1S/C22H27NO5/c1-6-11-27-23-17(7-2)20-18(24)13-22(3,4)14-19(20)28-21(25)15-9-8-10-16(12-15)26-5/h6,8-10,12H,1,7,11,13-14H2,2-5H3/b23-17-. The maximum atomic E-state index is 12.8. The molecule has 0 atom stereocenters. The number of methoxy groups -OCH3 is 1. The Balaban J connectivity index is 2.42. The second-order valence-corrected chi connectivity index (χ2v) is 7.34. The van der Waals surface area contributed by atoms with Crippen molar-refractivity contribution in [3.63, 3.8) is 0 Å². The minimum atomic E-state index is -0.542. The predicted octanol–water partition coefficient (Wildman–Crippen LogP) is 4.46. The van der Waals surface area contributed by atoms with Crippen LogP contribution >= 0.6 is 0 Å². The van der Waals surface area contributed by atoms with Crippen LogP contribution in [0.4, 0.5) is 0 Å². The molecule has 0 radical (unpaired) electrons. The minimum Gasteiger partial charge on any atom is -0.497 e. The summed E-state index contributed by atoms with van der Waals surface area (Å²) < 4.78 is 10.9. The largest absolute Gasteiger partial charge is 0.497 e. The Bertz CT molecular complexity index is 820. The highest BCUT2D eigenvalue weighted by atomic mass is 16.6. The summed E-state index contributed by atoms with van der Waals surface area (Å²) in [6, 6.07) is 6.69. The first kappa shape index (κ1) is 21.4. The fraction of sp³-hybridized carbons (Fsp3) is 0.409. The monoisotopic (exact) mass is 385 g/mol. The lowest BCUT2D eigenvalue weighted by Gasteiger charge is -2.31. The van der Waals surface area contributed by atoms with Gasteiger partial charge in [-0.25, -0.2) is 4.79 Å². The molecule has 2 rings (SSSR count). The van der Waals surface area contributed by atoms with E-state index in [9.17, 15) is 9.59 Å². The summed E-state index contributed by atoms with van der Waals surface area (Å²) in [5, 5.41) is 4.07. The van der Waals surface area contributed by atoms with Crippen LogP contribution in [0.1, 0.15) is 50.4 Å². The van der Waals surface area contributed by atoms with Crippen molar-refractivity contribution in [2.45, 2.75) is 40.0 Å². The first-order chi connectivity index (χ1) is 13.3. The van der Waals surface area contributed by atoms with E-state index in [0.717, 1.165) is 0 Å². The molecule has 0 heterocycles. The molecule has 0 saturated carbocycles. The number of hydrogen-bond acceptors (Lipinski definition) is 6. The molecule has 1 aliphatic carbocycles. The van der Waals surface area contributed by atoms with E-state index in [4.69, 9.17) is 14.3 Å². The van der Waals surface area contributed by atoms with E-state index in [1.165, 1.54) is 7.11 Å². The summed E-state index contributed by atoms with van der Waals surface area (Å²) in [5.41, 5.74) is 0.837. The number of carbonyl (C=O) groups is 2. The summed E-state index contributed by atoms with van der Waals surface area (Å²) in [5.74, 6) is 0.237. The van der Waals surface area contributed by atoms with Gasteiger partial charge in [0, 0.05) is 12.8 Å². The summed E-state index contributed by atoms with van der Waals surface area (Å²) >= 11 is 0. The molecule has 1 aliphatic rings. The van der Waals surface area contributed by atoms with Crippen LogP contribution < -0.4 is 4.74 Å². The summed E-state index contributed by atoms with van der Waals surface area (Å²) in [7, 11) is 1.53. The van der Waals surface area contributed by atoms with Crippen molar-refractivity contribution in [3.05, 3.63) is 53.8 Å². The number of benzene rings is 1. The molecule has 150 valence electrons. The molecule has 6 heteroatoms. The number of ether oxygens (including phenoxy) is 2. The summed E-state index contributed by atoms with van der Waals surface area (Å²) in [4.78, 5) is 30.7. The number of rotatable bonds is 8. The Morgan fingerprint density at radius 1 is 1.32 bits per heavy atom. The number of esters is 1. The normalized spacial score (nSPS) is 16.6. The van der Waals surface area contributed by atoms with E-state index in [1.807, 2.05) is 20.8 Å². The molecule has 0 bridgehead atoms. The van der Waals surface area contributed by atoms with Crippen molar-refractivity contribution in [2.24, 2.45) is 10.6 Å². The van der Waals surface area contributed by atoms with Crippen LogP contribution in [0, 0.1) is 5.41 Å². The lowest BCUT2D eigenvalue weighted by molar-refractivity contribution is -0.118. The fourth-order valence-corrected chi connectivity index (χ4v) is 3.05. The number of Topliss-reactive ketones (excluding diaryl/α,β-unsaturated/α-hetero) is 1. The number of nitrogens with zero attached hydrogens (tertiary/aromatic N) is 1. The first-order valence-electron chi connectivity index (χ1n) is 9.24. The van der Waals surface area contributed by atoms with Gasteiger partial charge in [-0.2, -0.15) is 0 Å². The molecule has 0 saturated heterocycles. The van der Waals surface area contributed by atoms with Crippen molar-refractivity contribution in [2.75, 3.05) is 13.7 Å². The lowest BCUT2D eigenvalue weighted by Crippen LogP contribution is -2.31. The molecule has 1 aromatic carbocycles. The molecule has 28 heavy (non-hydrogen) atoms. The predicted molar refractivity (Wildman–Crippen MR) is 107 cm³/mol. The van der Waals surface area contributed by atoms with E-state index in [1.54, 1.807) is 30.3 Å². The van der Waals surface area contributed by atoms with Crippen LogP contribution in [0.15, 0.2) is 53.4 Å². The van der Waals surface area contributed by atoms with Crippen LogP contribution in [0.5, 0.6) is 5.75 Å². The van der Waals surface area contributed by atoms with E-state index in [2.05, 4.69) is 11.7 Å². The second kappa shape index (κ2) is 9.35. The highest BCUT2D eigenvalue weighted by Gasteiger charge is 2.37. The minimum absolute atomic E-state index is 0.104. The molecule has 0 amide bonds. The van der Waals surface area contributed by atoms with Crippen molar-refractivity contribution in [1.82, 2.24) is 0 Å². The second-order valence-electron chi connectivity index (χ2n) is 7.34. The Labute approximate surface area is 165 Å². The third-order valence-electron chi connectivity index (χ3n) is 4.35. The average Bonchev–Trinajstić information content (AvgIpc) is 2.65. The van der Waals surface area contributed by atoms with Gasteiger partial charge in [0.05, 0.1) is 24.0 Å². The lowest BCUT2D eigenvalue weighted by atomic mass is 9.75. The van der Waals surface area contributed by atoms with Crippen molar-refractivity contribution in [1.29, 1.82) is 0 Å². The summed E-state index contributed by atoms with van der Waals surface area (Å²) in [6.45, 7) is 9.62. The smallest absolute Gasteiger partial charge is 0.343 e. The van der Waals surface area contributed by atoms with Gasteiger partial charge in [-0.1, -0.05) is 44.6 Å².